The summed E-state index contributed by atoms with van der Waals surface area (Å²) in [4.78, 5) is 13.0. The van der Waals surface area contributed by atoms with Crippen molar-refractivity contribution in [2.75, 3.05) is 6.61 Å². The van der Waals surface area contributed by atoms with Gasteiger partial charge in [0.15, 0.2) is 8.32 Å². The largest absolute Gasteiger partial charge is 0.435 e. The van der Waals surface area contributed by atoms with E-state index >= 15 is 0 Å². The van der Waals surface area contributed by atoms with Crippen molar-refractivity contribution < 1.29 is 18.7 Å². The number of fused-ring (bicyclic) bond motifs is 3. The molecule has 6 atom stereocenters. The summed E-state index contributed by atoms with van der Waals surface area (Å²) >= 11 is 0. The third-order valence-corrected chi connectivity index (χ3v) is 13.9. The quantitative estimate of drug-likeness (QED) is 0.436. The van der Waals surface area contributed by atoms with Gasteiger partial charge in [0.05, 0.1) is 12.0 Å². The molecular weight excluding hydrogens is 368 g/mol. The van der Waals surface area contributed by atoms with E-state index in [0.717, 1.165) is 19.3 Å². The average molecular weight is 411 g/mol. The van der Waals surface area contributed by atoms with Gasteiger partial charge in [-0.15, -0.1) is 0 Å². The highest BCUT2D eigenvalue weighted by Crippen LogP contribution is 2.74. The molecule has 28 heavy (non-hydrogen) atoms. The summed E-state index contributed by atoms with van der Waals surface area (Å²) in [7, 11) is -1.91. The van der Waals surface area contributed by atoms with Gasteiger partial charge in [-0.1, -0.05) is 48.5 Å². The highest BCUT2D eigenvalue weighted by Gasteiger charge is 2.74. The average Bonchev–Trinajstić information content (AvgIpc) is 2.97. The molecule has 0 aromatic carbocycles. The van der Waals surface area contributed by atoms with Crippen LogP contribution in [-0.4, -0.2) is 33.3 Å². The van der Waals surface area contributed by atoms with Gasteiger partial charge in [0, 0.05) is 12.5 Å². The van der Waals surface area contributed by atoms with Gasteiger partial charge in [-0.05, 0) is 60.6 Å². The van der Waals surface area contributed by atoms with Gasteiger partial charge in [0.25, 0.3) is 0 Å². The van der Waals surface area contributed by atoms with Gasteiger partial charge in [0.1, 0.15) is 0 Å². The Morgan fingerprint density at radius 2 is 1.79 bits per heavy atom. The summed E-state index contributed by atoms with van der Waals surface area (Å²) in [6.45, 7) is 23.6. The zero-order valence-corrected chi connectivity index (χ0v) is 20.8. The van der Waals surface area contributed by atoms with Gasteiger partial charge in [0.2, 0.25) is 6.29 Å². The van der Waals surface area contributed by atoms with E-state index in [2.05, 4.69) is 61.6 Å². The smallest absolute Gasteiger partial charge is 0.312 e. The zero-order valence-electron chi connectivity index (χ0n) is 19.8. The van der Waals surface area contributed by atoms with E-state index < -0.39 is 14.6 Å². The highest BCUT2D eigenvalue weighted by molar-refractivity contribution is 6.74. The number of ether oxygens (including phenoxy) is 2. The molecule has 2 aliphatic carbocycles. The van der Waals surface area contributed by atoms with Crippen LogP contribution in [0.15, 0.2) is 0 Å². The zero-order chi connectivity index (χ0) is 21.3. The molecular formula is C23H42O4Si. The van der Waals surface area contributed by atoms with E-state index in [4.69, 9.17) is 13.9 Å². The Morgan fingerprint density at radius 1 is 1.18 bits per heavy atom. The number of carbonyl (C=O) groups is 1. The van der Waals surface area contributed by atoms with E-state index in [1.807, 2.05) is 6.92 Å². The second-order valence-corrected chi connectivity index (χ2v) is 16.8. The first-order chi connectivity index (χ1) is 12.6. The monoisotopic (exact) mass is 410 g/mol. The molecule has 0 N–H and O–H groups in total. The van der Waals surface area contributed by atoms with E-state index in [9.17, 15) is 4.79 Å². The van der Waals surface area contributed by atoms with Crippen molar-refractivity contribution in [3.8, 4) is 0 Å². The molecule has 0 amide bonds. The topological polar surface area (TPSA) is 44.8 Å². The van der Waals surface area contributed by atoms with Crippen molar-refractivity contribution in [1.29, 1.82) is 0 Å². The lowest BCUT2D eigenvalue weighted by molar-refractivity contribution is -0.187. The van der Waals surface area contributed by atoms with E-state index in [1.165, 1.54) is 0 Å². The van der Waals surface area contributed by atoms with Gasteiger partial charge in [-0.2, -0.15) is 0 Å². The minimum absolute atomic E-state index is 0.0502. The molecule has 0 radical (unpaired) electrons. The van der Waals surface area contributed by atoms with E-state index in [-0.39, 0.29) is 45.2 Å². The van der Waals surface area contributed by atoms with E-state index in [0.29, 0.717) is 6.61 Å². The Morgan fingerprint density at radius 3 is 2.32 bits per heavy atom. The maximum Gasteiger partial charge on any atom is 0.312 e. The molecule has 0 aromatic heterocycles. The third kappa shape index (κ3) is 2.86. The third-order valence-electron chi connectivity index (χ3n) is 9.45. The highest BCUT2D eigenvalue weighted by atomic mass is 28.4. The fourth-order valence-corrected chi connectivity index (χ4v) is 7.76. The minimum Gasteiger partial charge on any atom is -0.435 e. The molecule has 0 bridgehead atoms. The molecule has 0 spiro atoms. The van der Waals surface area contributed by atoms with Crippen molar-refractivity contribution in [2.45, 2.75) is 105 Å². The van der Waals surface area contributed by atoms with Gasteiger partial charge < -0.3 is 13.9 Å². The maximum atomic E-state index is 13.0. The first-order valence-corrected chi connectivity index (χ1v) is 14.0. The number of carbonyl (C=O) groups excluding carboxylic acids is 1. The van der Waals surface area contributed by atoms with Crippen LogP contribution in [0.3, 0.4) is 0 Å². The first-order valence-electron chi connectivity index (χ1n) is 11.1. The summed E-state index contributed by atoms with van der Waals surface area (Å²) in [5, 5.41) is 0.175. The van der Waals surface area contributed by atoms with Crippen LogP contribution in [0.4, 0.5) is 0 Å². The van der Waals surface area contributed by atoms with Gasteiger partial charge in [-0.3, -0.25) is 4.79 Å². The second-order valence-electron chi connectivity index (χ2n) is 12.0. The molecule has 162 valence electrons. The number of cyclic esters (lactones) is 1. The standard InChI is InChI=1S/C23H42O4Si/c1-11-25-19-15-14-22(7)16(27-28(9,10)20(2,3)4)12-13-21(5,6)23(22,8)17(15)18(24)26-19/h15-17,19H,11-14H2,1-10H3/t15-,16-,17+,19-,22+,23-/m1/s1. The van der Waals surface area contributed by atoms with E-state index in [1.54, 1.807) is 0 Å². The van der Waals surface area contributed by atoms with Gasteiger partial charge >= 0.3 is 5.97 Å². The molecule has 1 heterocycles. The lowest BCUT2D eigenvalue weighted by Crippen LogP contribution is -2.61. The van der Waals surface area contributed by atoms with Crippen molar-refractivity contribution in [1.82, 2.24) is 0 Å². The van der Waals surface area contributed by atoms with Crippen LogP contribution in [0.2, 0.25) is 18.1 Å². The number of esters is 1. The molecule has 5 heteroatoms. The predicted octanol–water partition coefficient (Wildman–Crippen LogP) is 5.76. The van der Waals surface area contributed by atoms with Crippen molar-refractivity contribution in [2.24, 2.45) is 28.1 Å². The molecule has 0 aromatic rings. The molecule has 2 saturated carbocycles. The van der Waals surface area contributed by atoms with Crippen molar-refractivity contribution in [3.05, 3.63) is 0 Å². The number of hydrogen-bond acceptors (Lipinski definition) is 4. The Hall–Kier alpha value is -0.393. The Bertz CT molecular complexity index is 637. The SMILES string of the molecule is CCO[C@@H]1OC(=O)[C@@H]2[C@H]1C[C@@]1(C)[C@H](O[Si](C)(C)C(C)(C)C)CCC(C)(C)[C@@]21C. The van der Waals surface area contributed by atoms with Crippen LogP contribution in [0.1, 0.15) is 74.7 Å². The van der Waals surface area contributed by atoms with Crippen molar-refractivity contribution >= 4 is 14.3 Å². The molecule has 3 fully saturated rings. The Balaban J connectivity index is 2.03. The molecule has 3 aliphatic rings. The fraction of sp³-hybridized carbons (Fsp3) is 0.957. The Labute approximate surface area is 173 Å². The van der Waals surface area contributed by atoms with Crippen LogP contribution >= 0.6 is 0 Å². The normalized spacial score (nSPS) is 42.9. The van der Waals surface area contributed by atoms with Crippen LogP contribution in [-0.2, 0) is 18.7 Å². The lowest BCUT2D eigenvalue weighted by Gasteiger charge is -2.61. The van der Waals surface area contributed by atoms with Crippen LogP contribution in [0, 0.1) is 28.1 Å². The van der Waals surface area contributed by atoms with Crippen LogP contribution in [0.25, 0.3) is 0 Å². The first kappa shape index (κ1) is 22.3. The fourth-order valence-electron chi connectivity index (χ4n) is 6.32. The molecule has 1 saturated heterocycles. The number of hydrogen-bond donors (Lipinski definition) is 0. The predicted molar refractivity (Wildman–Crippen MR) is 114 cm³/mol. The number of rotatable bonds is 4. The lowest BCUT2D eigenvalue weighted by atomic mass is 9.45. The summed E-state index contributed by atoms with van der Waals surface area (Å²) < 4.78 is 18.6. The van der Waals surface area contributed by atoms with Crippen LogP contribution < -0.4 is 0 Å². The molecule has 0 unspecified atom stereocenters. The summed E-state index contributed by atoms with van der Waals surface area (Å²) in [5.74, 6) is -0.0315. The summed E-state index contributed by atoms with van der Waals surface area (Å²) in [5.41, 5.74) is -0.179. The second kappa shape index (κ2) is 6.55. The van der Waals surface area contributed by atoms with Crippen LogP contribution in [0.5, 0.6) is 0 Å². The molecule has 3 rings (SSSR count). The summed E-state index contributed by atoms with van der Waals surface area (Å²) in [6.07, 6.45) is 2.87. The maximum absolute atomic E-state index is 13.0. The molecule has 1 aliphatic heterocycles. The molecule has 4 nitrogen and oxygen atoms in total. The minimum atomic E-state index is -1.91. The van der Waals surface area contributed by atoms with Gasteiger partial charge in [-0.25, -0.2) is 0 Å². The summed E-state index contributed by atoms with van der Waals surface area (Å²) in [6, 6.07) is 0. The van der Waals surface area contributed by atoms with Crippen molar-refractivity contribution in [3.63, 3.8) is 0 Å². The Kier molecular flexibility index (Phi) is 5.22.